The Morgan fingerprint density at radius 3 is 2.75 bits per heavy atom. The number of carbonyl (C=O) groups is 2. The first-order valence-electron chi connectivity index (χ1n) is 7.44. The van der Waals surface area contributed by atoms with E-state index in [1.807, 2.05) is 12.1 Å². The van der Waals surface area contributed by atoms with Crippen molar-refractivity contribution in [3.8, 4) is 0 Å². The molecule has 3 rings (SSSR count). The van der Waals surface area contributed by atoms with Gasteiger partial charge in [-0.1, -0.05) is 5.16 Å². The Morgan fingerprint density at radius 1 is 1.29 bits per heavy atom. The van der Waals surface area contributed by atoms with Crippen molar-refractivity contribution < 1.29 is 18.8 Å². The lowest BCUT2D eigenvalue weighted by Crippen LogP contribution is -2.13. The molecule has 0 bridgehead atoms. The van der Waals surface area contributed by atoms with Gasteiger partial charge in [-0.15, -0.1) is 11.3 Å². The van der Waals surface area contributed by atoms with E-state index in [0.717, 1.165) is 10.1 Å². The summed E-state index contributed by atoms with van der Waals surface area (Å²) < 4.78 is 11.0. The van der Waals surface area contributed by atoms with E-state index in [9.17, 15) is 9.59 Å². The van der Waals surface area contributed by atoms with Crippen LogP contribution in [0.25, 0.3) is 10.1 Å². The van der Waals surface area contributed by atoms with Gasteiger partial charge < -0.3 is 14.6 Å². The normalized spacial score (nSPS) is 10.8. The number of thiophene rings is 1. The van der Waals surface area contributed by atoms with Crippen LogP contribution in [0.1, 0.15) is 38.4 Å². The number of esters is 1. The third-order valence-corrected chi connectivity index (χ3v) is 4.61. The first-order chi connectivity index (χ1) is 11.5. The number of amides is 1. The van der Waals surface area contributed by atoms with Crippen LogP contribution in [0.3, 0.4) is 0 Å². The Balaban J connectivity index is 1.85. The minimum atomic E-state index is -0.333. The lowest BCUT2D eigenvalue weighted by molar-refractivity contribution is 0.0532. The third kappa shape index (κ3) is 3.03. The number of nitrogens with zero attached hydrogens (tertiary/aromatic N) is 1. The van der Waals surface area contributed by atoms with Crippen molar-refractivity contribution in [2.24, 2.45) is 0 Å². The monoisotopic (exact) mass is 344 g/mol. The van der Waals surface area contributed by atoms with Gasteiger partial charge in [0.15, 0.2) is 0 Å². The standard InChI is InChI=1S/C17H16N2O4S/c1-4-22-17(21)14-8-11-7-12(5-6-13(11)24-14)18-16(20)15-9(2)19-23-10(15)3/h5-8H,4H2,1-3H3,(H,18,20). The summed E-state index contributed by atoms with van der Waals surface area (Å²) in [5, 5.41) is 7.49. The van der Waals surface area contributed by atoms with E-state index in [-0.39, 0.29) is 11.9 Å². The predicted molar refractivity (Wildman–Crippen MR) is 91.7 cm³/mol. The van der Waals surface area contributed by atoms with Crippen molar-refractivity contribution in [1.82, 2.24) is 5.16 Å². The van der Waals surface area contributed by atoms with Crippen molar-refractivity contribution >= 4 is 39.0 Å². The molecule has 0 saturated heterocycles. The van der Waals surface area contributed by atoms with Crippen LogP contribution in [0.15, 0.2) is 28.8 Å². The molecule has 124 valence electrons. The lowest BCUT2D eigenvalue weighted by atomic mass is 10.1. The minimum absolute atomic E-state index is 0.272. The fourth-order valence-electron chi connectivity index (χ4n) is 2.42. The summed E-state index contributed by atoms with van der Waals surface area (Å²) in [6, 6.07) is 7.25. The van der Waals surface area contributed by atoms with Crippen LogP contribution < -0.4 is 5.32 Å². The number of rotatable bonds is 4. The van der Waals surface area contributed by atoms with Gasteiger partial charge in [0.2, 0.25) is 0 Å². The Kier molecular flexibility index (Phi) is 4.35. The van der Waals surface area contributed by atoms with Crippen LogP contribution in [0.5, 0.6) is 0 Å². The molecule has 0 aliphatic carbocycles. The number of aromatic nitrogens is 1. The SMILES string of the molecule is CCOC(=O)c1cc2cc(NC(=O)c3c(C)noc3C)ccc2s1. The molecule has 0 atom stereocenters. The van der Waals surface area contributed by atoms with Gasteiger partial charge in [0, 0.05) is 10.4 Å². The largest absolute Gasteiger partial charge is 0.462 e. The molecule has 7 heteroatoms. The number of ether oxygens (including phenoxy) is 1. The average molecular weight is 344 g/mol. The van der Waals surface area contributed by atoms with Gasteiger partial charge >= 0.3 is 5.97 Å². The van der Waals surface area contributed by atoms with Gasteiger partial charge in [0.1, 0.15) is 16.2 Å². The molecule has 2 heterocycles. The molecule has 0 unspecified atom stereocenters. The molecular formula is C17H16N2O4S. The van der Waals surface area contributed by atoms with Crippen molar-refractivity contribution in [3.63, 3.8) is 0 Å². The molecule has 3 aromatic rings. The molecule has 0 aliphatic heterocycles. The van der Waals surface area contributed by atoms with Gasteiger partial charge in [0.05, 0.1) is 12.3 Å². The maximum atomic E-state index is 12.4. The van der Waals surface area contributed by atoms with Gasteiger partial charge in [-0.3, -0.25) is 4.79 Å². The fourth-order valence-corrected chi connectivity index (χ4v) is 3.36. The van der Waals surface area contributed by atoms with Crippen LogP contribution in [-0.2, 0) is 4.74 Å². The molecule has 1 N–H and O–H groups in total. The summed E-state index contributed by atoms with van der Waals surface area (Å²) in [7, 11) is 0. The number of benzene rings is 1. The number of fused-ring (bicyclic) bond motifs is 1. The van der Waals surface area contributed by atoms with E-state index >= 15 is 0 Å². The van der Waals surface area contributed by atoms with E-state index in [0.29, 0.717) is 34.2 Å². The van der Waals surface area contributed by atoms with Crippen molar-refractivity contribution in [3.05, 3.63) is 46.2 Å². The number of nitrogens with one attached hydrogen (secondary N) is 1. The van der Waals surface area contributed by atoms with E-state index in [4.69, 9.17) is 9.26 Å². The number of aryl methyl sites for hydroxylation is 2. The van der Waals surface area contributed by atoms with Crippen LogP contribution in [0, 0.1) is 13.8 Å². The van der Waals surface area contributed by atoms with E-state index in [2.05, 4.69) is 10.5 Å². The zero-order valence-corrected chi connectivity index (χ0v) is 14.3. The maximum Gasteiger partial charge on any atom is 0.348 e. The molecule has 0 aliphatic rings. The summed E-state index contributed by atoms with van der Waals surface area (Å²) in [6.07, 6.45) is 0. The van der Waals surface area contributed by atoms with Crippen LogP contribution >= 0.6 is 11.3 Å². The second kappa shape index (κ2) is 6.45. The molecule has 1 aromatic carbocycles. The molecule has 0 spiro atoms. The van der Waals surface area contributed by atoms with E-state index in [1.54, 1.807) is 32.9 Å². The van der Waals surface area contributed by atoms with E-state index in [1.165, 1.54) is 11.3 Å². The fraction of sp³-hybridized carbons (Fsp3) is 0.235. The summed E-state index contributed by atoms with van der Waals surface area (Å²) in [5.74, 6) is -0.127. The molecule has 6 nitrogen and oxygen atoms in total. The molecule has 0 radical (unpaired) electrons. The van der Waals surface area contributed by atoms with Crippen LogP contribution in [-0.4, -0.2) is 23.6 Å². The van der Waals surface area contributed by atoms with Gasteiger partial charge in [-0.2, -0.15) is 0 Å². The molecule has 0 saturated carbocycles. The van der Waals surface area contributed by atoms with Crippen molar-refractivity contribution in [1.29, 1.82) is 0 Å². The van der Waals surface area contributed by atoms with Crippen LogP contribution in [0.4, 0.5) is 5.69 Å². The molecule has 1 amide bonds. The molecule has 0 fully saturated rings. The first kappa shape index (κ1) is 16.2. The summed E-state index contributed by atoms with van der Waals surface area (Å²) in [4.78, 5) is 24.7. The number of carbonyl (C=O) groups excluding carboxylic acids is 2. The highest BCUT2D eigenvalue weighted by Crippen LogP contribution is 2.29. The average Bonchev–Trinajstić information content (AvgIpc) is 3.10. The zero-order valence-electron chi connectivity index (χ0n) is 13.5. The summed E-state index contributed by atoms with van der Waals surface area (Å²) in [6.45, 7) is 5.53. The smallest absolute Gasteiger partial charge is 0.348 e. The Hall–Kier alpha value is -2.67. The highest BCUT2D eigenvalue weighted by Gasteiger charge is 2.18. The Morgan fingerprint density at radius 2 is 2.08 bits per heavy atom. The Bertz CT molecular complexity index is 906. The maximum absolute atomic E-state index is 12.4. The second-order valence-electron chi connectivity index (χ2n) is 5.24. The molecule has 24 heavy (non-hydrogen) atoms. The lowest BCUT2D eigenvalue weighted by Gasteiger charge is -2.04. The summed E-state index contributed by atoms with van der Waals surface area (Å²) in [5.41, 5.74) is 1.62. The first-order valence-corrected chi connectivity index (χ1v) is 8.26. The minimum Gasteiger partial charge on any atom is -0.462 e. The number of hydrogen-bond acceptors (Lipinski definition) is 6. The highest BCUT2D eigenvalue weighted by molar-refractivity contribution is 7.20. The van der Waals surface area contributed by atoms with Gasteiger partial charge in [-0.25, -0.2) is 4.79 Å². The molecule has 2 aromatic heterocycles. The Labute approximate surface area is 142 Å². The molecular weight excluding hydrogens is 328 g/mol. The predicted octanol–water partition coefficient (Wildman–Crippen LogP) is 3.94. The number of hydrogen-bond donors (Lipinski definition) is 1. The summed E-state index contributed by atoms with van der Waals surface area (Å²) >= 11 is 1.36. The van der Waals surface area contributed by atoms with Crippen molar-refractivity contribution in [2.45, 2.75) is 20.8 Å². The second-order valence-corrected chi connectivity index (χ2v) is 6.32. The topological polar surface area (TPSA) is 81.4 Å². The van der Waals surface area contributed by atoms with Gasteiger partial charge in [0.25, 0.3) is 5.91 Å². The quantitative estimate of drug-likeness (QED) is 0.725. The number of anilines is 1. The van der Waals surface area contributed by atoms with Crippen molar-refractivity contribution in [2.75, 3.05) is 11.9 Å². The zero-order chi connectivity index (χ0) is 17.3. The third-order valence-electron chi connectivity index (χ3n) is 3.51. The van der Waals surface area contributed by atoms with E-state index < -0.39 is 0 Å². The highest BCUT2D eigenvalue weighted by atomic mass is 32.1. The van der Waals surface area contributed by atoms with Gasteiger partial charge in [-0.05, 0) is 50.4 Å². The van der Waals surface area contributed by atoms with Crippen LogP contribution in [0.2, 0.25) is 0 Å².